The molecule has 1 unspecified atom stereocenters. The smallest absolute Gasteiger partial charge is 0.223 e. The van der Waals surface area contributed by atoms with Gasteiger partial charge in [0.25, 0.3) is 0 Å². The Bertz CT molecular complexity index is 289. The largest absolute Gasteiger partial charge is 0.390 e. The quantitative estimate of drug-likeness (QED) is 0.605. The minimum atomic E-state index is -0.380. The molecule has 2 aliphatic rings. The van der Waals surface area contributed by atoms with E-state index in [1.807, 2.05) is 4.90 Å². The summed E-state index contributed by atoms with van der Waals surface area (Å²) in [4.78, 5) is 16.0. The molecule has 20 heavy (non-hydrogen) atoms. The normalized spacial score (nSPS) is 22.1. The van der Waals surface area contributed by atoms with E-state index in [1.165, 1.54) is 0 Å². The van der Waals surface area contributed by atoms with Gasteiger partial charge in [0.1, 0.15) is 0 Å². The average molecular weight is 285 g/mol. The third kappa shape index (κ3) is 5.36. The summed E-state index contributed by atoms with van der Waals surface area (Å²) < 4.78 is 5.27. The predicted octanol–water partition coefficient (Wildman–Crippen LogP) is -0.718. The van der Waals surface area contributed by atoms with Gasteiger partial charge in [0.05, 0.1) is 19.3 Å². The van der Waals surface area contributed by atoms with Gasteiger partial charge >= 0.3 is 0 Å². The van der Waals surface area contributed by atoms with E-state index in [1.54, 1.807) is 0 Å². The lowest BCUT2D eigenvalue weighted by Gasteiger charge is -2.28. The number of nitrogens with zero attached hydrogens (tertiary/aromatic N) is 2. The monoisotopic (exact) mass is 285 g/mol. The molecule has 0 spiro atoms. The van der Waals surface area contributed by atoms with Gasteiger partial charge in [0, 0.05) is 52.2 Å². The van der Waals surface area contributed by atoms with Crippen molar-refractivity contribution in [2.24, 2.45) is 0 Å². The van der Waals surface area contributed by atoms with Crippen LogP contribution in [0.4, 0.5) is 0 Å². The van der Waals surface area contributed by atoms with Crippen LogP contribution in [0.3, 0.4) is 0 Å². The van der Waals surface area contributed by atoms with E-state index in [-0.39, 0.29) is 12.0 Å². The molecule has 0 bridgehead atoms. The van der Waals surface area contributed by atoms with Crippen molar-refractivity contribution >= 4 is 5.91 Å². The van der Waals surface area contributed by atoms with Crippen LogP contribution in [0.2, 0.25) is 0 Å². The van der Waals surface area contributed by atoms with E-state index in [0.29, 0.717) is 26.1 Å². The van der Waals surface area contributed by atoms with Gasteiger partial charge < -0.3 is 20.1 Å². The van der Waals surface area contributed by atoms with Crippen LogP contribution in [-0.4, -0.2) is 85.9 Å². The number of hydrogen-bond donors (Lipinski definition) is 2. The fraction of sp³-hybridized carbons (Fsp3) is 0.929. The zero-order chi connectivity index (χ0) is 14.2. The van der Waals surface area contributed by atoms with Crippen LogP contribution in [0, 0.1) is 0 Å². The van der Waals surface area contributed by atoms with Crippen LogP contribution >= 0.6 is 0 Å². The van der Waals surface area contributed by atoms with Crippen LogP contribution in [0.15, 0.2) is 0 Å². The van der Waals surface area contributed by atoms with Gasteiger partial charge in [0.2, 0.25) is 5.91 Å². The van der Waals surface area contributed by atoms with Gasteiger partial charge in [-0.2, -0.15) is 0 Å². The second-order valence-electron chi connectivity index (χ2n) is 5.61. The molecule has 116 valence electrons. The number of likely N-dealkylation sites (tertiary alicyclic amines) is 1. The zero-order valence-corrected chi connectivity index (χ0v) is 12.2. The number of β-amino-alcohol motifs (C(OH)–C–C–N with tert-alkyl or cyclic N) is 1. The van der Waals surface area contributed by atoms with Crippen LogP contribution in [0.1, 0.15) is 19.3 Å². The molecule has 2 fully saturated rings. The lowest BCUT2D eigenvalue weighted by Crippen LogP contribution is -2.44. The molecule has 1 amide bonds. The molecule has 6 nitrogen and oxygen atoms in total. The highest BCUT2D eigenvalue weighted by atomic mass is 16.5. The summed E-state index contributed by atoms with van der Waals surface area (Å²) in [5.41, 5.74) is 0. The predicted molar refractivity (Wildman–Crippen MR) is 76.6 cm³/mol. The van der Waals surface area contributed by atoms with Gasteiger partial charge in [-0.1, -0.05) is 0 Å². The number of aliphatic hydroxyl groups is 1. The number of aliphatic hydroxyl groups excluding tert-OH is 1. The van der Waals surface area contributed by atoms with Crippen LogP contribution < -0.4 is 5.32 Å². The van der Waals surface area contributed by atoms with E-state index in [2.05, 4.69) is 10.2 Å². The van der Waals surface area contributed by atoms with E-state index >= 15 is 0 Å². The highest BCUT2D eigenvalue weighted by Crippen LogP contribution is 2.08. The molecule has 0 radical (unpaired) electrons. The molecule has 1 atom stereocenters. The van der Waals surface area contributed by atoms with Crippen LogP contribution in [-0.2, 0) is 9.53 Å². The van der Waals surface area contributed by atoms with Crippen molar-refractivity contribution in [3.05, 3.63) is 0 Å². The van der Waals surface area contributed by atoms with Crippen molar-refractivity contribution in [3.8, 4) is 0 Å². The Kier molecular flexibility index (Phi) is 6.72. The number of carbonyl (C=O) groups is 1. The topological polar surface area (TPSA) is 65.0 Å². The Morgan fingerprint density at radius 3 is 2.60 bits per heavy atom. The van der Waals surface area contributed by atoms with Gasteiger partial charge in [-0.05, 0) is 12.8 Å². The number of ether oxygens (including phenoxy) is 1. The lowest BCUT2D eigenvalue weighted by molar-refractivity contribution is -0.130. The lowest BCUT2D eigenvalue weighted by atomic mass is 10.3. The maximum atomic E-state index is 11.8. The first-order valence-corrected chi connectivity index (χ1v) is 7.72. The first-order valence-electron chi connectivity index (χ1n) is 7.72. The SMILES string of the molecule is O=C(CCNCC(O)CN1CCOCC1)N1CCCC1. The second kappa shape index (κ2) is 8.56. The number of amides is 1. The summed E-state index contributed by atoms with van der Waals surface area (Å²) in [6.07, 6.45) is 2.43. The third-order valence-corrected chi connectivity index (χ3v) is 3.93. The molecule has 6 heteroatoms. The molecule has 0 aromatic rings. The molecule has 2 saturated heterocycles. The minimum Gasteiger partial charge on any atom is -0.390 e. The van der Waals surface area contributed by atoms with Crippen LogP contribution in [0.5, 0.6) is 0 Å². The fourth-order valence-corrected chi connectivity index (χ4v) is 2.73. The highest BCUT2D eigenvalue weighted by molar-refractivity contribution is 5.76. The number of hydrogen-bond acceptors (Lipinski definition) is 5. The molecule has 2 N–H and O–H groups in total. The highest BCUT2D eigenvalue weighted by Gasteiger charge is 2.17. The van der Waals surface area contributed by atoms with Crippen LogP contribution in [0.25, 0.3) is 0 Å². The number of morpholine rings is 1. The Labute approximate surface area is 121 Å². The van der Waals surface area contributed by atoms with Crippen molar-refractivity contribution in [1.29, 1.82) is 0 Å². The standard InChI is InChI=1S/C14H27N3O3/c18-13(12-16-7-9-20-10-8-16)11-15-4-3-14(19)17-5-1-2-6-17/h13,15,18H,1-12H2. The fourth-order valence-electron chi connectivity index (χ4n) is 2.73. The molecule has 2 rings (SSSR count). The Morgan fingerprint density at radius 2 is 1.90 bits per heavy atom. The number of rotatable bonds is 7. The Hall–Kier alpha value is -0.690. The zero-order valence-electron chi connectivity index (χ0n) is 12.2. The van der Waals surface area contributed by atoms with Crippen molar-refractivity contribution in [1.82, 2.24) is 15.1 Å². The molecule has 0 saturated carbocycles. The first-order chi connectivity index (χ1) is 9.75. The average Bonchev–Trinajstić information content (AvgIpc) is 2.99. The first kappa shape index (κ1) is 15.7. The number of nitrogens with one attached hydrogen (secondary N) is 1. The van der Waals surface area contributed by atoms with E-state index < -0.39 is 0 Å². The maximum absolute atomic E-state index is 11.8. The second-order valence-corrected chi connectivity index (χ2v) is 5.61. The summed E-state index contributed by atoms with van der Waals surface area (Å²) in [6, 6.07) is 0. The molecule has 0 aromatic carbocycles. The summed E-state index contributed by atoms with van der Waals surface area (Å²) in [5, 5.41) is 13.1. The minimum absolute atomic E-state index is 0.234. The maximum Gasteiger partial charge on any atom is 0.223 e. The summed E-state index contributed by atoms with van der Waals surface area (Å²) >= 11 is 0. The van der Waals surface area contributed by atoms with Gasteiger partial charge in [-0.3, -0.25) is 9.69 Å². The molecular formula is C14H27N3O3. The van der Waals surface area contributed by atoms with E-state index in [9.17, 15) is 9.90 Å². The van der Waals surface area contributed by atoms with E-state index in [4.69, 9.17) is 4.74 Å². The van der Waals surface area contributed by atoms with Crippen molar-refractivity contribution < 1.29 is 14.6 Å². The van der Waals surface area contributed by atoms with E-state index in [0.717, 1.165) is 52.2 Å². The Balaban J connectivity index is 1.50. The molecule has 2 aliphatic heterocycles. The van der Waals surface area contributed by atoms with Crippen molar-refractivity contribution in [3.63, 3.8) is 0 Å². The summed E-state index contributed by atoms with van der Waals surface area (Å²) in [6.45, 7) is 7.00. The molecule has 2 heterocycles. The van der Waals surface area contributed by atoms with Gasteiger partial charge in [-0.25, -0.2) is 0 Å². The summed E-state index contributed by atoms with van der Waals surface area (Å²) in [7, 11) is 0. The Morgan fingerprint density at radius 1 is 1.20 bits per heavy atom. The molecule has 0 aromatic heterocycles. The number of carbonyl (C=O) groups excluding carboxylic acids is 1. The van der Waals surface area contributed by atoms with Crippen molar-refractivity contribution in [2.75, 3.05) is 59.0 Å². The van der Waals surface area contributed by atoms with Gasteiger partial charge in [0.15, 0.2) is 0 Å². The van der Waals surface area contributed by atoms with Crippen molar-refractivity contribution in [2.45, 2.75) is 25.4 Å². The summed E-state index contributed by atoms with van der Waals surface area (Å²) in [5.74, 6) is 0.234. The van der Waals surface area contributed by atoms with Gasteiger partial charge in [-0.15, -0.1) is 0 Å². The third-order valence-electron chi connectivity index (χ3n) is 3.93. The molecule has 0 aliphatic carbocycles. The molecular weight excluding hydrogens is 258 g/mol.